The molecule has 8 heteroatoms. The van der Waals surface area contributed by atoms with Crippen LogP contribution in [0.4, 0.5) is 28.9 Å². The van der Waals surface area contributed by atoms with E-state index in [9.17, 15) is 22.4 Å². The number of nitrogens with one attached hydrogen (secondary N) is 1. The van der Waals surface area contributed by atoms with Gasteiger partial charge >= 0.3 is 6.18 Å². The van der Waals surface area contributed by atoms with Crippen molar-refractivity contribution < 1.29 is 22.4 Å². The summed E-state index contributed by atoms with van der Waals surface area (Å²) in [4.78, 5) is 16.1. The van der Waals surface area contributed by atoms with Gasteiger partial charge in [-0.3, -0.25) is 4.79 Å². The molecule has 3 rings (SSSR count). The molecule has 0 atom stereocenters. The molecule has 1 saturated heterocycles. The fourth-order valence-corrected chi connectivity index (χ4v) is 2.93. The molecule has 0 unspecified atom stereocenters. The summed E-state index contributed by atoms with van der Waals surface area (Å²) in [5.41, 5.74) is 0.643. The minimum absolute atomic E-state index is 0.0158. The number of amides is 1. The van der Waals surface area contributed by atoms with Crippen LogP contribution < -0.4 is 10.2 Å². The fourth-order valence-electron chi connectivity index (χ4n) is 2.93. The van der Waals surface area contributed by atoms with Crippen LogP contribution in [0, 0.1) is 5.82 Å². The van der Waals surface area contributed by atoms with Crippen LogP contribution in [-0.2, 0) is 11.0 Å². The van der Waals surface area contributed by atoms with E-state index in [4.69, 9.17) is 0 Å². The van der Waals surface area contributed by atoms with Crippen molar-refractivity contribution in [1.29, 1.82) is 0 Å². The minimum Gasteiger partial charge on any atom is -0.376 e. The van der Waals surface area contributed by atoms with Gasteiger partial charge in [-0.05, 0) is 48.5 Å². The average Bonchev–Trinajstić information content (AvgIpc) is 2.66. The number of carbonyl (C=O) groups excluding carboxylic acids is 1. The Kier molecular flexibility index (Phi) is 5.53. The van der Waals surface area contributed by atoms with Crippen molar-refractivity contribution in [3.63, 3.8) is 0 Å². The maximum atomic E-state index is 13.0. The first-order valence-corrected chi connectivity index (χ1v) is 8.52. The van der Waals surface area contributed by atoms with Crippen molar-refractivity contribution in [2.24, 2.45) is 0 Å². The molecule has 27 heavy (non-hydrogen) atoms. The third-order valence-electron chi connectivity index (χ3n) is 4.48. The Hall–Kier alpha value is -2.77. The summed E-state index contributed by atoms with van der Waals surface area (Å²) in [6.07, 6.45) is -4.38. The Morgan fingerprint density at radius 2 is 1.52 bits per heavy atom. The molecular weight excluding hydrogens is 362 g/mol. The molecule has 1 heterocycles. The van der Waals surface area contributed by atoms with Gasteiger partial charge < -0.3 is 15.1 Å². The van der Waals surface area contributed by atoms with Gasteiger partial charge in [-0.1, -0.05) is 0 Å². The standard InChI is InChI=1S/C19H19F4N3O/c20-15-3-7-17(8-4-15)25-9-11-26(12-10-25)18(27)13-24-16-5-1-14(2-6-16)19(21,22)23/h1-8,24H,9-13H2. The number of carbonyl (C=O) groups is 1. The topological polar surface area (TPSA) is 35.6 Å². The number of hydrogen-bond donors (Lipinski definition) is 1. The molecule has 0 aliphatic carbocycles. The summed E-state index contributed by atoms with van der Waals surface area (Å²) in [6, 6.07) is 10.8. The summed E-state index contributed by atoms with van der Waals surface area (Å²) in [7, 11) is 0. The number of halogens is 4. The van der Waals surface area contributed by atoms with Crippen LogP contribution in [0.5, 0.6) is 0 Å². The van der Waals surface area contributed by atoms with Gasteiger partial charge in [0.15, 0.2) is 0 Å². The lowest BCUT2D eigenvalue weighted by atomic mass is 10.2. The maximum Gasteiger partial charge on any atom is 0.416 e. The summed E-state index contributed by atoms with van der Waals surface area (Å²) in [6.45, 7) is 2.35. The highest BCUT2D eigenvalue weighted by molar-refractivity contribution is 5.81. The molecule has 1 aliphatic rings. The number of nitrogens with zero attached hydrogens (tertiary/aromatic N) is 2. The number of rotatable bonds is 4. The molecule has 144 valence electrons. The molecule has 1 aliphatic heterocycles. The number of alkyl halides is 3. The summed E-state index contributed by atoms with van der Waals surface area (Å²) >= 11 is 0. The number of hydrogen-bond acceptors (Lipinski definition) is 3. The van der Waals surface area contributed by atoms with E-state index in [0.29, 0.717) is 31.9 Å². The summed E-state index contributed by atoms with van der Waals surface area (Å²) < 4.78 is 50.6. The second kappa shape index (κ2) is 7.85. The Balaban J connectivity index is 1.47. The SMILES string of the molecule is O=C(CNc1ccc(C(F)(F)F)cc1)N1CCN(c2ccc(F)cc2)CC1. The number of benzene rings is 2. The van der Waals surface area contributed by atoms with E-state index in [1.165, 1.54) is 24.3 Å². The van der Waals surface area contributed by atoms with Gasteiger partial charge in [0.25, 0.3) is 0 Å². The van der Waals surface area contributed by atoms with Crippen LogP contribution in [0.25, 0.3) is 0 Å². The smallest absolute Gasteiger partial charge is 0.376 e. The minimum atomic E-state index is -4.38. The molecule has 0 saturated carbocycles. The van der Waals surface area contributed by atoms with E-state index in [2.05, 4.69) is 10.2 Å². The number of piperazine rings is 1. The van der Waals surface area contributed by atoms with Crippen molar-refractivity contribution in [2.75, 3.05) is 42.9 Å². The van der Waals surface area contributed by atoms with Crippen LogP contribution in [0.2, 0.25) is 0 Å². The lowest BCUT2D eigenvalue weighted by molar-refractivity contribution is -0.137. The second-order valence-corrected chi connectivity index (χ2v) is 6.27. The van der Waals surface area contributed by atoms with Gasteiger partial charge in [0, 0.05) is 37.6 Å². The van der Waals surface area contributed by atoms with Gasteiger partial charge in [-0.25, -0.2) is 4.39 Å². The van der Waals surface area contributed by atoms with E-state index in [1.54, 1.807) is 17.0 Å². The van der Waals surface area contributed by atoms with Crippen molar-refractivity contribution in [1.82, 2.24) is 4.90 Å². The summed E-state index contributed by atoms with van der Waals surface area (Å²) in [5.74, 6) is -0.407. The van der Waals surface area contributed by atoms with Crippen LogP contribution >= 0.6 is 0 Å². The van der Waals surface area contributed by atoms with E-state index in [1.807, 2.05) is 0 Å². The Morgan fingerprint density at radius 1 is 0.926 bits per heavy atom. The van der Waals surface area contributed by atoms with Gasteiger partial charge in [0.05, 0.1) is 12.1 Å². The van der Waals surface area contributed by atoms with E-state index in [0.717, 1.165) is 17.8 Å². The van der Waals surface area contributed by atoms with Crippen LogP contribution in [-0.4, -0.2) is 43.5 Å². The zero-order valence-corrected chi connectivity index (χ0v) is 14.5. The highest BCUT2D eigenvalue weighted by atomic mass is 19.4. The number of anilines is 2. The van der Waals surface area contributed by atoms with Gasteiger partial charge in [0.1, 0.15) is 5.82 Å². The third kappa shape index (κ3) is 4.90. The average molecular weight is 381 g/mol. The molecule has 0 bridgehead atoms. The van der Waals surface area contributed by atoms with Gasteiger partial charge in [-0.15, -0.1) is 0 Å². The normalized spacial score (nSPS) is 15.0. The highest BCUT2D eigenvalue weighted by Crippen LogP contribution is 2.29. The Labute approximate surface area is 154 Å². The molecule has 1 fully saturated rings. The predicted molar refractivity (Wildman–Crippen MR) is 95.1 cm³/mol. The van der Waals surface area contributed by atoms with Crippen molar-refractivity contribution in [2.45, 2.75) is 6.18 Å². The zero-order valence-electron chi connectivity index (χ0n) is 14.5. The molecule has 0 aromatic heterocycles. The fraction of sp³-hybridized carbons (Fsp3) is 0.316. The van der Waals surface area contributed by atoms with Crippen molar-refractivity contribution in [3.8, 4) is 0 Å². The van der Waals surface area contributed by atoms with E-state index in [-0.39, 0.29) is 18.3 Å². The van der Waals surface area contributed by atoms with Gasteiger partial charge in [0.2, 0.25) is 5.91 Å². The quantitative estimate of drug-likeness (QED) is 0.822. The molecule has 4 nitrogen and oxygen atoms in total. The predicted octanol–water partition coefficient (Wildman–Crippen LogP) is 3.61. The highest BCUT2D eigenvalue weighted by Gasteiger charge is 2.30. The first-order valence-electron chi connectivity index (χ1n) is 8.52. The van der Waals surface area contributed by atoms with E-state index < -0.39 is 11.7 Å². The first-order chi connectivity index (χ1) is 12.8. The molecule has 2 aromatic carbocycles. The van der Waals surface area contributed by atoms with Crippen molar-refractivity contribution >= 4 is 17.3 Å². The van der Waals surface area contributed by atoms with Gasteiger partial charge in [-0.2, -0.15) is 13.2 Å². The molecule has 0 spiro atoms. The molecular formula is C19H19F4N3O. The lowest BCUT2D eigenvalue weighted by Gasteiger charge is -2.36. The van der Waals surface area contributed by atoms with E-state index >= 15 is 0 Å². The molecule has 2 aromatic rings. The maximum absolute atomic E-state index is 13.0. The van der Waals surface area contributed by atoms with Crippen LogP contribution in [0.3, 0.4) is 0 Å². The largest absolute Gasteiger partial charge is 0.416 e. The Bertz CT molecular complexity index is 767. The lowest BCUT2D eigenvalue weighted by Crippen LogP contribution is -2.50. The zero-order chi connectivity index (χ0) is 19.4. The van der Waals surface area contributed by atoms with Crippen molar-refractivity contribution in [3.05, 3.63) is 59.9 Å². The molecule has 0 radical (unpaired) electrons. The van der Waals surface area contributed by atoms with Crippen LogP contribution in [0.1, 0.15) is 5.56 Å². The summed E-state index contributed by atoms with van der Waals surface area (Å²) in [5, 5.41) is 2.86. The second-order valence-electron chi connectivity index (χ2n) is 6.27. The third-order valence-corrected chi connectivity index (χ3v) is 4.48. The van der Waals surface area contributed by atoms with Crippen LogP contribution in [0.15, 0.2) is 48.5 Å². The Morgan fingerprint density at radius 3 is 2.07 bits per heavy atom. The first kappa shape index (κ1) is 19.0. The molecule has 1 amide bonds. The molecule has 1 N–H and O–H groups in total. The monoisotopic (exact) mass is 381 g/mol.